The van der Waals surface area contributed by atoms with E-state index in [1.165, 1.54) is 23.3 Å². The number of nitrogens with zero attached hydrogens (tertiary/aromatic N) is 4. The number of sulfone groups is 1. The molecule has 0 aliphatic rings. The Labute approximate surface area is 178 Å². The first-order valence-corrected chi connectivity index (χ1v) is 11.2. The van der Waals surface area contributed by atoms with Crippen molar-refractivity contribution in [2.75, 3.05) is 16.9 Å². The molecule has 1 aromatic carbocycles. The minimum Gasteiger partial charge on any atom is -0.368 e. The Hall–Kier alpha value is -3.18. The van der Waals surface area contributed by atoms with E-state index in [2.05, 4.69) is 25.7 Å². The summed E-state index contributed by atoms with van der Waals surface area (Å²) < 4.78 is 24.4. The van der Waals surface area contributed by atoms with Crippen molar-refractivity contribution >= 4 is 44.8 Å². The summed E-state index contributed by atoms with van der Waals surface area (Å²) in [5.74, 6) is 0.171. The van der Waals surface area contributed by atoms with Crippen molar-refractivity contribution in [1.29, 1.82) is 0 Å². The number of halogens is 1. The highest BCUT2D eigenvalue weighted by atomic mass is 35.5. The Bertz CT molecular complexity index is 1160. The van der Waals surface area contributed by atoms with Crippen LogP contribution in [-0.2, 0) is 33.5 Å². The number of hydrogen-bond acceptors (Lipinski definition) is 8. The van der Waals surface area contributed by atoms with Gasteiger partial charge < -0.3 is 16.4 Å². The highest BCUT2D eigenvalue weighted by Gasteiger charge is 2.09. The van der Waals surface area contributed by atoms with E-state index in [0.29, 0.717) is 28.6 Å². The summed E-state index contributed by atoms with van der Waals surface area (Å²) in [4.78, 5) is 19.4. The maximum atomic E-state index is 11.5. The zero-order valence-corrected chi connectivity index (χ0v) is 17.6. The molecule has 2 heterocycles. The number of carbonyl (C=O) groups is 1. The van der Waals surface area contributed by atoms with E-state index in [1.807, 2.05) is 12.1 Å². The van der Waals surface area contributed by atoms with Crippen LogP contribution in [0.3, 0.4) is 0 Å². The number of nitrogens with two attached hydrogens (primary N) is 1. The number of hydrogen-bond donors (Lipinski definition) is 3. The molecule has 0 saturated carbocycles. The van der Waals surface area contributed by atoms with E-state index in [0.717, 1.165) is 5.56 Å². The Morgan fingerprint density at radius 2 is 2.03 bits per heavy atom. The third-order valence-corrected chi connectivity index (χ3v) is 4.97. The normalized spacial score (nSPS) is 11.3. The van der Waals surface area contributed by atoms with Crippen molar-refractivity contribution in [3.8, 4) is 0 Å². The molecule has 3 aromatic rings. The van der Waals surface area contributed by atoms with Crippen LogP contribution in [0.5, 0.6) is 0 Å². The summed E-state index contributed by atoms with van der Waals surface area (Å²) in [7, 11) is -3.11. The molecule has 3 rings (SSSR count). The number of carbonyl (C=O) groups excluding carboxylic acids is 1. The summed E-state index contributed by atoms with van der Waals surface area (Å²) in [6, 6.07) is 7.26. The number of amides is 1. The lowest BCUT2D eigenvalue weighted by Crippen LogP contribution is -2.18. The van der Waals surface area contributed by atoms with Crippen molar-refractivity contribution in [2.45, 2.75) is 18.8 Å². The molecule has 0 fully saturated rings. The van der Waals surface area contributed by atoms with E-state index < -0.39 is 15.7 Å². The fourth-order valence-corrected chi connectivity index (χ4v) is 3.62. The molecule has 0 radical (unpaired) electrons. The molecule has 0 aliphatic carbocycles. The number of rotatable bonds is 9. The molecule has 0 aliphatic heterocycles. The van der Waals surface area contributed by atoms with Crippen molar-refractivity contribution in [3.63, 3.8) is 0 Å². The molecule has 158 valence electrons. The largest absolute Gasteiger partial charge is 0.368 e. The first-order chi connectivity index (χ1) is 14.2. The molecular weight excluding hydrogens is 430 g/mol. The summed E-state index contributed by atoms with van der Waals surface area (Å²) in [5, 5.41) is 10.4. The summed E-state index contributed by atoms with van der Waals surface area (Å²) in [6.07, 6.45) is 5.77. The second-order valence-electron chi connectivity index (χ2n) is 6.65. The van der Waals surface area contributed by atoms with Gasteiger partial charge in [-0.1, -0.05) is 35.9 Å². The SMILES string of the molecule is CS(=O)(=O)Cc1cccc(CNc2nc(Nc3cnn(CC(N)=O)c3)ncc2Cl)c1. The predicted molar refractivity (Wildman–Crippen MR) is 114 cm³/mol. The summed E-state index contributed by atoms with van der Waals surface area (Å²) >= 11 is 6.18. The quantitative estimate of drug-likeness (QED) is 0.447. The van der Waals surface area contributed by atoms with Gasteiger partial charge in [-0.15, -0.1) is 0 Å². The molecule has 12 heteroatoms. The monoisotopic (exact) mass is 449 g/mol. The van der Waals surface area contributed by atoms with Gasteiger partial charge in [-0.2, -0.15) is 10.1 Å². The fourth-order valence-electron chi connectivity index (χ4n) is 2.67. The molecule has 2 aromatic heterocycles. The van der Waals surface area contributed by atoms with E-state index >= 15 is 0 Å². The Balaban J connectivity index is 1.68. The average Bonchev–Trinajstić information content (AvgIpc) is 3.07. The van der Waals surface area contributed by atoms with Gasteiger partial charge >= 0.3 is 0 Å². The second-order valence-corrected chi connectivity index (χ2v) is 9.20. The highest BCUT2D eigenvalue weighted by molar-refractivity contribution is 7.89. The zero-order chi connectivity index (χ0) is 21.7. The number of benzene rings is 1. The van der Waals surface area contributed by atoms with Crippen LogP contribution in [0.25, 0.3) is 0 Å². The minimum atomic E-state index is -3.11. The molecule has 1 amide bonds. The minimum absolute atomic E-state index is 0.0212. The summed E-state index contributed by atoms with van der Waals surface area (Å²) in [5.41, 5.74) is 7.32. The molecule has 0 saturated heterocycles. The smallest absolute Gasteiger partial charge is 0.239 e. The van der Waals surface area contributed by atoms with Gasteiger partial charge in [0.1, 0.15) is 11.6 Å². The Kier molecular flexibility index (Phi) is 6.53. The number of aromatic nitrogens is 4. The van der Waals surface area contributed by atoms with Gasteiger partial charge in [0, 0.05) is 19.0 Å². The zero-order valence-electron chi connectivity index (χ0n) is 16.0. The lowest BCUT2D eigenvalue weighted by molar-refractivity contribution is -0.118. The lowest BCUT2D eigenvalue weighted by atomic mass is 10.1. The van der Waals surface area contributed by atoms with Gasteiger partial charge in [0.05, 0.1) is 23.8 Å². The summed E-state index contributed by atoms with van der Waals surface area (Å²) in [6.45, 7) is 0.360. The van der Waals surface area contributed by atoms with Crippen molar-refractivity contribution in [2.24, 2.45) is 5.73 Å². The molecule has 30 heavy (non-hydrogen) atoms. The highest BCUT2D eigenvalue weighted by Crippen LogP contribution is 2.22. The van der Waals surface area contributed by atoms with E-state index in [9.17, 15) is 13.2 Å². The van der Waals surface area contributed by atoms with Gasteiger partial charge in [-0.25, -0.2) is 13.4 Å². The molecule has 10 nitrogen and oxygen atoms in total. The molecule has 0 atom stereocenters. The third-order valence-electron chi connectivity index (χ3n) is 3.83. The lowest BCUT2D eigenvalue weighted by Gasteiger charge is -2.10. The molecule has 4 N–H and O–H groups in total. The fraction of sp³-hybridized carbons (Fsp3) is 0.222. The molecular formula is C18H20ClN7O3S. The number of anilines is 3. The number of primary amides is 1. The standard InChI is InChI=1S/C18H20ClN7O3S/c1-30(28,29)11-13-4-2-3-12(5-13)6-21-17-15(19)8-22-18(25-17)24-14-7-23-26(9-14)10-16(20)27/h2-5,7-9H,6,10-11H2,1H3,(H2,20,27)(H2,21,22,24,25). The van der Waals surface area contributed by atoms with E-state index in [1.54, 1.807) is 18.3 Å². The van der Waals surface area contributed by atoms with Crippen LogP contribution in [0, 0.1) is 0 Å². The van der Waals surface area contributed by atoms with Crippen molar-refractivity contribution in [3.05, 3.63) is 59.0 Å². The first kappa shape index (κ1) is 21.5. The Morgan fingerprint density at radius 1 is 1.27 bits per heavy atom. The van der Waals surface area contributed by atoms with Crippen LogP contribution in [0.4, 0.5) is 17.5 Å². The predicted octanol–water partition coefficient (Wildman–Crippen LogP) is 1.71. The van der Waals surface area contributed by atoms with Gasteiger partial charge in [-0.05, 0) is 11.1 Å². The van der Waals surface area contributed by atoms with E-state index in [-0.39, 0.29) is 18.2 Å². The second kappa shape index (κ2) is 9.09. The topological polar surface area (TPSA) is 145 Å². The maximum Gasteiger partial charge on any atom is 0.239 e. The van der Waals surface area contributed by atoms with Crippen molar-refractivity contribution < 1.29 is 13.2 Å². The first-order valence-electron chi connectivity index (χ1n) is 8.78. The van der Waals surface area contributed by atoms with Crippen LogP contribution in [0.15, 0.2) is 42.9 Å². The average molecular weight is 450 g/mol. The van der Waals surface area contributed by atoms with Gasteiger partial charge in [0.2, 0.25) is 11.9 Å². The maximum absolute atomic E-state index is 11.5. The van der Waals surface area contributed by atoms with Gasteiger partial charge in [0.15, 0.2) is 15.7 Å². The van der Waals surface area contributed by atoms with Crippen LogP contribution in [0.1, 0.15) is 11.1 Å². The third kappa shape index (κ3) is 6.42. The van der Waals surface area contributed by atoms with Gasteiger partial charge in [-0.3, -0.25) is 9.48 Å². The van der Waals surface area contributed by atoms with Crippen LogP contribution < -0.4 is 16.4 Å². The molecule has 0 unspecified atom stereocenters. The Morgan fingerprint density at radius 3 is 2.77 bits per heavy atom. The van der Waals surface area contributed by atoms with Crippen LogP contribution in [-0.4, -0.2) is 40.3 Å². The molecule has 0 spiro atoms. The van der Waals surface area contributed by atoms with Crippen molar-refractivity contribution in [1.82, 2.24) is 19.7 Å². The molecule has 0 bridgehead atoms. The van der Waals surface area contributed by atoms with Crippen LogP contribution in [0.2, 0.25) is 5.02 Å². The van der Waals surface area contributed by atoms with E-state index in [4.69, 9.17) is 17.3 Å². The van der Waals surface area contributed by atoms with Crippen LogP contribution >= 0.6 is 11.6 Å². The number of nitrogens with one attached hydrogen (secondary N) is 2. The van der Waals surface area contributed by atoms with Gasteiger partial charge in [0.25, 0.3) is 0 Å².